The van der Waals surface area contributed by atoms with E-state index in [1.54, 1.807) is 17.7 Å². The van der Waals surface area contributed by atoms with Crippen molar-refractivity contribution < 1.29 is 9.84 Å². The Morgan fingerprint density at radius 3 is 2.87 bits per heavy atom. The summed E-state index contributed by atoms with van der Waals surface area (Å²) in [6, 6.07) is 0. The minimum Gasteiger partial charge on any atom is -0.474 e. The van der Waals surface area contributed by atoms with Crippen LogP contribution in [0.2, 0.25) is 0 Å². The summed E-state index contributed by atoms with van der Waals surface area (Å²) in [6.07, 6.45) is 12.3. The number of aliphatic hydroxyl groups is 1. The Bertz CT molecular complexity index is 679. The van der Waals surface area contributed by atoms with Crippen molar-refractivity contribution in [2.45, 2.75) is 63.9 Å². The maximum atomic E-state index is 9.25. The number of nitrogens with zero attached hydrogens (tertiary/aromatic N) is 2. The maximum absolute atomic E-state index is 9.25. The predicted octanol–water partition coefficient (Wildman–Crippen LogP) is 3.89. The molecule has 2 heterocycles. The molecule has 0 bridgehead atoms. The molecular weight excluding hydrogens is 308 g/mol. The van der Waals surface area contributed by atoms with Crippen LogP contribution in [0.15, 0.2) is 6.33 Å². The van der Waals surface area contributed by atoms with Crippen LogP contribution in [0.3, 0.4) is 0 Å². The first-order valence-electron chi connectivity index (χ1n) is 8.88. The summed E-state index contributed by atoms with van der Waals surface area (Å²) in [4.78, 5) is 11.5. The van der Waals surface area contributed by atoms with Crippen LogP contribution in [0.25, 0.3) is 10.2 Å². The fourth-order valence-corrected chi connectivity index (χ4v) is 5.18. The van der Waals surface area contributed by atoms with Gasteiger partial charge < -0.3 is 9.84 Å². The van der Waals surface area contributed by atoms with Gasteiger partial charge in [0.1, 0.15) is 17.3 Å². The van der Waals surface area contributed by atoms with Gasteiger partial charge in [-0.3, -0.25) is 0 Å². The van der Waals surface area contributed by atoms with E-state index in [0.717, 1.165) is 48.2 Å². The Labute approximate surface area is 140 Å². The van der Waals surface area contributed by atoms with E-state index in [-0.39, 0.29) is 6.61 Å². The van der Waals surface area contributed by atoms with E-state index in [0.29, 0.717) is 12.0 Å². The van der Waals surface area contributed by atoms with Gasteiger partial charge in [-0.25, -0.2) is 9.97 Å². The first kappa shape index (κ1) is 15.3. The highest BCUT2D eigenvalue weighted by molar-refractivity contribution is 7.18. The maximum Gasteiger partial charge on any atom is 0.225 e. The van der Waals surface area contributed by atoms with Crippen molar-refractivity contribution in [1.29, 1.82) is 0 Å². The standard InChI is InChI=1S/C18H24N2O2S/c21-9-8-12-6-7-15-14(10-12)16-17(19-11-20-18(16)23-15)22-13-4-2-1-3-5-13/h11-13,21H,1-10H2. The lowest BCUT2D eigenvalue weighted by atomic mass is 9.85. The molecule has 0 amide bonds. The van der Waals surface area contributed by atoms with Gasteiger partial charge in [0.05, 0.1) is 5.39 Å². The highest BCUT2D eigenvalue weighted by Crippen LogP contribution is 2.41. The third-order valence-corrected chi connectivity index (χ3v) is 6.48. The van der Waals surface area contributed by atoms with Crippen LogP contribution in [-0.4, -0.2) is 27.8 Å². The topological polar surface area (TPSA) is 55.2 Å². The van der Waals surface area contributed by atoms with E-state index in [4.69, 9.17) is 4.74 Å². The average molecular weight is 332 g/mol. The van der Waals surface area contributed by atoms with Gasteiger partial charge in [0.25, 0.3) is 0 Å². The van der Waals surface area contributed by atoms with Crippen molar-refractivity contribution in [2.75, 3.05) is 6.61 Å². The summed E-state index contributed by atoms with van der Waals surface area (Å²) in [5, 5.41) is 10.4. The van der Waals surface area contributed by atoms with Crippen molar-refractivity contribution in [3.8, 4) is 5.88 Å². The van der Waals surface area contributed by atoms with Gasteiger partial charge >= 0.3 is 0 Å². The second kappa shape index (κ2) is 6.73. The number of ether oxygens (including phenoxy) is 1. The Kier molecular flexibility index (Phi) is 4.49. The molecule has 5 heteroatoms. The lowest BCUT2D eigenvalue weighted by molar-refractivity contribution is 0.150. The normalized spacial score (nSPS) is 22.2. The third kappa shape index (κ3) is 3.09. The summed E-state index contributed by atoms with van der Waals surface area (Å²) < 4.78 is 6.29. The second-order valence-electron chi connectivity index (χ2n) is 6.86. The SMILES string of the molecule is OCCC1CCc2sc3ncnc(OC4CCCCC4)c3c2C1. The highest BCUT2D eigenvalue weighted by Gasteiger charge is 2.26. The van der Waals surface area contributed by atoms with Gasteiger partial charge in [-0.15, -0.1) is 11.3 Å². The molecule has 4 nitrogen and oxygen atoms in total. The van der Waals surface area contributed by atoms with Crippen LogP contribution in [0.5, 0.6) is 5.88 Å². The van der Waals surface area contributed by atoms with Crippen molar-refractivity contribution >= 4 is 21.6 Å². The van der Waals surface area contributed by atoms with Gasteiger partial charge in [0.15, 0.2) is 0 Å². The van der Waals surface area contributed by atoms with Crippen LogP contribution >= 0.6 is 11.3 Å². The minimum atomic E-state index is 0.282. The predicted molar refractivity (Wildman–Crippen MR) is 92.1 cm³/mol. The number of aryl methyl sites for hydroxylation is 1. The molecule has 124 valence electrons. The Morgan fingerprint density at radius 1 is 1.17 bits per heavy atom. The molecule has 0 spiro atoms. The number of aromatic nitrogens is 2. The van der Waals surface area contributed by atoms with E-state index in [9.17, 15) is 5.11 Å². The molecule has 0 radical (unpaired) electrons. The zero-order chi connectivity index (χ0) is 15.6. The van der Waals surface area contributed by atoms with E-state index < -0.39 is 0 Å². The number of hydrogen-bond donors (Lipinski definition) is 1. The Balaban J connectivity index is 1.67. The molecule has 1 saturated carbocycles. The molecule has 2 aromatic rings. The molecule has 4 rings (SSSR count). The Hall–Kier alpha value is -1.20. The largest absolute Gasteiger partial charge is 0.474 e. The van der Waals surface area contributed by atoms with Gasteiger partial charge in [-0.05, 0) is 62.8 Å². The molecule has 2 aliphatic rings. The van der Waals surface area contributed by atoms with Crippen LogP contribution in [0.1, 0.15) is 55.4 Å². The molecule has 0 aromatic carbocycles. The lowest BCUT2D eigenvalue weighted by Crippen LogP contribution is -2.20. The molecule has 0 aliphatic heterocycles. The highest BCUT2D eigenvalue weighted by atomic mass is 32.1. The van der Waals surface area contributed by atoms with Crippen molar-refractivity contribution in [2.24, 2.45) is 5.92 Å². The first-order chi connectivity index (χ1) is 11.3. The van der Waals surface area contributed by atoms with Gasteiger partial charge in [-0.1, -0.05) is 6.42 Å². The van der Waals surface area contributed by atoms with Gasteiger partial charge in [-0.2, -0.15) is 0 Å². The van der Waals surface area contributed by atoms with Crippen LogP contribution in [0, 0.1) is 5.92 Å². The average Bonchev–Trinajstić information content (AvgIpc) is 2.95. The first-order valence-corrected chi connectivity index (χ1v) is 9.69. The summed E-state index contributed by atoms with van der Waals surface area (Å²) in [6.45, 7) is 0.282. The molecule has 1 atom stereocenters. The third-order valence-electron chi connectivity index (χ3n) is 5.28. The molecule has 0 saturated heterocycles. The molecule has 1 fully saturated rings. The molecule has 1 unspecified atom stereocenters. The van der Waals surface area contributed by atoms with Gasteiger partial charge in [0, 0.05) is 11.5 Å². The van der Waals surface area contributed by atoms with Crippen LogP contribution in [-0.2, 0) is 12.8 Å². The molecule has 2 aliphatic carbocycles. The Morgan fingerprint density at radius 2 is 2.04 bits per heavy atom. The van der Waals surface area contributed by atoms with Crippen LogP contribution < -0.4 is 4.74 Å². The summed E-state index contributed by atoms with van der Waals surface area (Å²) >= 11 is 1.80. The minimum absolute atomic E-state index is 0.282. The second-order valence-corrected chi connectivity index (χ2v) is 7.95. The smallest absolute Gasteiger partial charge is 0.225 e. The molecule has 1 N–H and O–H groups in total. The molecule has 2 aromatic heterocycles. The monoisotopic (exact) mass is 332 g/mol. The van der Waals surface area contributed by atoms with E-state index in [1.165, 1.54) is 36.1 Å². The van der Waals surface area contributed by atoms with Crippen molar-refractivity contribution in [3.05, 3.63) is 16.8 Å². The number of thiophene rings is 1. The summed E-state index contributed by atoms with van der Waals surface area (Å²) in [7, 11) is 0. The molecule has 23 heavy (non-hydrogen) atoms. The summed E-state index contributed by atoms with van der Waals surface area (Å²) in [5.41, 5.74) is 1.39. The zero-order valence-corrected chi connectivity index (χ0v) is 14.3. The van der Waals surface area contributed by atoms with E-state index in [1.807, 2.05) is 0 Å². The fourth-order valence-electron chi connectivity index (χ4n) is 4.01. The van der Waals surface area contributed by atoms with Crippen LogP contribution in [0.4, 0.5) is 0 Å². The van der Waals surface area contributed by atoms with Crippen molar-refractivity contribution in [1.82, 2.24) is 9.97 Å². The zero-order valence-electron chi connectivity index (χ0n) is 13.5. The number of fused-ring (bicyclic) bond motifs is 3. The van der Waals surface area contributed by atoms with E-state index in [2.05, 4.69) is 9.97 Å². The number of rotatable bonds is 4. The number of aliphatic hydroxyl groups excluding tert-OH is 1. The summed E-state index contributed by atoms with van der Waals surface area (Å²) in [5.74, 6) is 1.37. The lowest BCUT2D eigenvalue weighted by Gasteiger charge is -2.24. The van der Waals surface area contributed by atoms with Crippen molar-refractivity contribution in [3.63, 3.8) is 0 Å². The van der Waals surface area contributed by atoms with E-state index >= 15 is 0 Å². The quantitative estimate of drug-likeness (QED) is 0.923. The number of hydrogen-bond acceptors (Lipinski definition) is 5. The molecular formula is C18H24N2O2S. The fraction of sp³-hybridized carbons (Fsp3) is 0.667. The van der Waals surface area contributed by atoms with Gasteiger partial charge in [0.2, 0.25) is 5.88 Å².